The van der Waals surface area contributed by atoms with E-state index in [2.05, 4.69) is 28.5 Å². The zero-order chi connectivity index (χ0) is 25.6. The third kappa shape index (κ3) is 10.8. The van der Waals surface area contributed by atoms with E-state index < -0.39 is 19.0 Å². The predicted molar refractivity (Wildman–Crippen MR) is 140 cm³/mol. The first-order chi connectivity index (χ1) is 16.8. The van der Waals surface area contributed by atoms with E-state index in [1.54, 1.807) is 4.90 Å². The number of carbonyl (C=O) groups excluding carboxylic acids is 2. The van der Waals surface area contributed by atoms with Crippen molar-refractivity contribution in [2.75, 3.05) is 19.6 Å². The molecule has 5 N–H and O–H groups in total. The number of nitrogens with zero attached hydrogens (tertiary/aromatic N) is 2. The zero-order valence-corrected chi connectivity index (χ0v) is 20.7. The van der Waals surface area contributed by atoms with Gasteiger partial charge in [-0.15, -0.1) is 0 Å². The molecule has 0 aliphatic heterocycles. The van der Waals surface area contributed by atoms with Crippen molar-refractivity contribution in [3.05, 3.63) is 70.8 Å². The van der Waals surface area contributed by atoms with Gasteiger partial charge >= 0.3 is 7.12 Å². The molecule has 1 atom stereocenters. The summed E-state index contributed by atoms with van der Waals surface area (Å²) in [5, 5.41) is 22.0. The number of nitrogens with one attached hydrogen (secondary N) is 1. The van der Waals surface area contributed by atoms with E-state index in [9.17, 15) is 19.6 Å². The van der Waals surface area contributed by atoms with Crippen molar-refractivity contribution >= 4 is 25.3 Å². The molecule has 0 fully saturated rings. The Bertz CT molecular complexity index is 949. The van der Waals surface area contributed by atoms with Crippen LogP contribution in [-0.2, 0) is 22.4 Å². The fraction of sp³-hybridized carbons (Fsp3) is 0.423. The van der Waals surface area contributed by atoms with Gasteiger partial charge in [-0.1, -0.05) is 59.7 Å². The number of benzene rings is 2. The summed E-state index contributed by atoms with van der Waals surface area (Å²) < 4.78 is 0. The van der Waals surface area contributed by atoms with E-state index in [1.807, 2.05) is 44.2 Å². The lowest BCUT2D eigenvalue weighted by molar-refractivity contribution is -0.136. The van der Waals surface area contributed by atoms with Crippen LogP contribution in [0.15, 0.2) is 53.5 Å². The van der Waals surface area contributed by atoms with Gasteiger partial charge in [0.15, 0.2) is 0 Å². The maximum absolute atomic E-state index is 13.1. The third-order valence-electron chi connectivity index (χ3n) is 5.72. The van der Waals surface area contributed by atoms with Crippen molar-refractivity contribution < 1.29 is 19.6 Å². The Hall–Kier alpha value is -3.17. The lowest BCUT2D eigenvalue weighted by Gasteiger charge is -2.24. The molecule has 1 unspecified atom stereocenters. The Balaban J connectivity index is 2.04. The van der Waals surface area contributed by atoms with Crippen molar-refractivity contribution in [2.45, 2.75) is 51.9 Å². The van der Waals surface area contributed by atoms with E-state index in [0.29, 0.717) is 38.8 Å². The summed E-state index contributed by atoms with van der Waals surface area (Å²) >= 11 is 0. The molecule has 0 radical (unpaired) electrons. The van der Waals surface area contributed by atoms with Gasteiger partial charge in [0, 0.05) is 19.5 Å². The average molecular weight is 480 g/mol. The number of hydrogen-bond acceptors (Lipinski definition) is 5. The molecule has 0 saturated heterocycles. The minimum atomic E-state index is -1.71. The van der Waals surface area contributed by atoms with Gasteiger partial charge in [-0.3, -0.25) is 14.6 Å². The van der Waals surface area contributed by atoms with Crippen LogP contribution in [0.3, 0.4) is 0 Å². The Labute approximate surface area is 208 Å². The SMILES string of the molecule is Cc1cc(C)cc(CCN(CC(=O)NC(CCCN=CN)B(O)O)C(=O)CCc2ccccc2)c1. The van der Waals surface area contributed by atoms with Crippen LogP contribution in [-0.4, -0.2) is 65.8 Å². The number of carbonyl (C=O) groups is 2. The standard InChI is InChI=1S/C26H37BN4O4/c1-20-15-21(2)17-23(16-20)12-14-31(26(33)11-10-22-7-4-3-5-8-22)18-25(32)30-24(27(34)35)9-6-13-29-19-28/h3-5,7-8,15-17,19,24,34-35H,6,9-14,18H2,1-2H3,(H2,28,29)(H,30,32). The van der Waals surface area contributed by atoms with Crippen LogP contribution in [0.4, 0.5) is 0 Å². The molecule has 188 valence electrons. The maximum atomic E-state index is 13.1. The number of rotatable bonds is 14. The number of nitrogens with two attached hydrogens (primary N) is 1. The molecule has 9 heteroatoms. The first-order valence-electron chi connectivity index (χ1n) is 12.0. The molecule has 2 aromatic rings. The second kappa shape index (κ2) is 15.0. The highest BCUT2D eigenvalue weighted by Gasteiger charge is 2.26. The Morgan fingerprint density at radius 2 is 1.77 bits per heavy atom. The summed E-state index contributed by atoms with van der Waals surface area (Å²) in [6, 6.07) is 16.0. The molecule has 0 aromatic heterocycles. The van der Waals surface area contributed by atoms with Gasteiger partial charge in [0.05, 0.1) is 18.8 Å². The lowest BCUT2D eigenvalue weighted by Crippen LogP contribution is -2.50. The molecule has 2 rings (SSSR count). The summed E-state index contributed by atoms with van der Waals surface area (Å²) in [4.78, 5) is 31.3. The fourth-order valence-corrected chi connectivity index (χ4v) is 4.02. The molecule has 8 nitrogen and oxygen atoms in total. The van der Waals surface area contributed by atoms with Gasteiger partial charge < -0.3 is 26.0 Å². The molecule has 35 heavy (non-hydrogen) atoms. The summed E-state index contributed by atoms with van der Waals surface area (Å²) in [6.45, 7) is 4.73. The molecule has 0 aliphatic carbocycles. The van der Waals surface area contributed by atoms with Crippen LogP contribution in [0.25, 0.3) is 0 Å². The molecule has 0 bridgehead atoms. The lowest BCUT2D eigenvalue weighted by atomic mass is 9.76. The van der Waals surface area contributed by atoms with Crippen LogP contribution in [0, 0.1) is 13.8 Å². The highest BCUT2D eigenvalue weighted by molar-refractivity contribution is 6.43. The monoisotopic (exact) mass is 480 g/mol. The predicted octanol–water partition coefficient (Wildman–Crippen LogP) is 1.57. The van der Waals surface area contributed by atoms with E-state index in [4.69, 9.17) is 5.73 Å². The average Bonchev–Trinajstić information content (AvgIpc) is 2.82. The number of amides is 2. The van der Waals surface area contributed by atoms with Gasteiger partial charge in [-0.05, 0) is 50.7 Å². The third-order valence-corrected chi connectivity index (χ3v) is 5.72. The first-order valence-corrected chi connectivity index (χ1v) is 12.0. The van der Waals surface area contributed by atoms with Crippen LogP contribution >= 0.6 is 0 Å². The van der Waals surface area contributed by atoms with Gasteiger partial charge in [0.25, 0.3) is 0 Å². The van der Waals surface area contributed by atoms with Crippen LogP contribution in [0.2, 0.25) is 0 Å². The second-order valence-corrected chi connectivity index (χ2v) is 8.83. The molecule has 0 saturated carbocycles. The highest BCUT2D eigenvalue weighted by atomic mass is 16.4. The highest BCUT2D eigenvalue weighted by Crippen LogP contribution is 2.12. The van der Waals surface area contributed by atoms with Gasteiger partial charge in [-0.25, -0.2) is 0 Å². The minimum absolute atomic E-state index is 0.119. The van der Waals surface area contributed by atoms with Gasteiger partial charge in [0.1, 0.15) is 0 Å². The molecule has 0 spiro atoms. The Kier molecular flexibility index (Phi) is 12.0. The first kappa shape index (κ1) is 28.1. The molecular formula is C26H37BN4O4. The van der Waals surface area contributed by atoms with Crippen molar-refractivity contribution in [2.24, 2.45) is 10.7 Å². The summed E-state index contributed by atoms with van der Waals surface area (Å²) in [6.07, 6.45) is 3.54. The second-order valence-electron chi connectivity index (χ2n) is 8.83. The van der Waals surface area contributed by atoms with Crippen LogP contribution in [0.5, 0.6) is 0 Å². The van der Waals surface area contributed by atoms with Gasteiger partial charge in [0.2, 0.25) is 11.8 Å². The van der Waals surface area contributed by atoms with Gasteiger partial charge in [-0.2, -0.15) is 0 Å². The summed E-state index contributed by atoms with van der Waals surface area (Å²) in [5.41, 5.74) is 9.69. The Morgan fingerprint density at radius 1 is 1.09 bits per heavy atom. The number of aliphatic imine (C=N–C) groups is 1. The van der Waals surface area contributed by atoms with Crippen LogP contribution < -0.4 is 11.1 Å². The van der Waals surface area contributed by atoms with E-state index in [-0.39, 0.29) is 18.9 Å². The Morgan fingerprint density at radius 3 is 2.40 bits per heavy atom. The van der Waals surface area contributed by atoms with Crippen molar-refractivity contribution in [3.8, 4) is 0 Å². The maximum Gasteiger partial charge on any atom is 0.475 e. The minimum Gasteiger partial charge on any atom is -0.426 e. The summed E-state index contributed by atoms with van der Waals surface area (Å²) in [7, 11) is -1.71. The van der Waals surface area contributed by atoms with E-state index in [1.165, 1.54) is 6.34 Å². The smallest absolute Gasteiger partial charge is 0.426 e. The molecule has 2 aromatic carbocycles. The number of hydrogen-bond donors (Lipinski definition) is 4. The van der Waals surface area contributed by atoms with Crippen molar-refractivity contribution in [1.29, 1.82) is 0 Å². The fourth-order valence-electron chi connectivity index (χ4n) is 4.02. The molecule has 2 amide bonds. The summed E-state index contributed by atoms with van der Waals surface area (Å²) in [5.74, 6) is -1.40. The normalized spacial score (nSPS) is 11.9. The van der Waals surface area contributed by atoms with Crippen LogP contribution in [0.1, 0.15) is 41.5 Å². The van der Waals surface area contributed by atoms with Crippen molar-refractivity contribution in [1.82, 2.24) is 10.2 Å². The van der Waals surface area contributed by atoms with Crippen molar-refractivity contribution in [3.63, 3.8) is 0 Å². The molecular weight excluding hydrogens is 443 g/mol. The van der Waals surface area contributed by atoms with E-state index >= 15 is 0 Å². The molecule has 0 aliphatic rings. The molecule has 0 heterocycles. The zero-order valence-electron chi connectivity index (χ0n) is 20.7. The van der Waals surface area contributed by atoms with E-state index in [0.717, 1.165) is 22.3 Å². The largest absolute Gasteiger partial charge is 0.475 e. The quantitative estimate of drug-likeness (QED) is 0.141. The topological polar surface area (TPSA) is 128 Å². The number of aryl methyl sites for hydroxylation is 3.